The standard InChI is InChI=1S/C10H15NO3/c1-3-4-5-6-7-9(12)11-8(2)10(13)14/h1,8H,4-7H2,2H3,(H,11,12)(H,13,14)/t8-/m0/s1. The molecular formula is C10H15NO3. The molecule has 0 saturated heterocycles. The minimum atomic E-state index is -1.03. The van der Waals surface area contributed by atoms with Crippen LogP contribution in [0.25, 0.3) is 0 Å². The molecule has 0 bridgehead atoms. The van der Waals surface area contributed by atoms with E-state index < -0.39 is 12.0 Å². The molecule has 1 amide bonds. The first kappa shape index (κ1) is 12.5. The zero-order chi connectivity index (χ0) is 11.0. The lowest BCUT2D eigenvalue weighted by Gasteiger charge is -2.08. The van der Waals surface area contributed by atoms with Gasteiger partial charge in [-0.2, -0.15) is 0 Å². The van der Waals surface area contributed by atoms with Crippen LogP contribution in [0.1, 0.15) is 32.6 Å². The number of carbonyl (C=O) groups excluding carboxylic acids is 1. The number of carboxylic acids is 1. The Bertz CT molecular complexity index is 242. The number of terminal acetylenes is 1. The minimum absolute atomic E-state index is 0.239. The fraction of sp³-hybridized carbons (Fsp3) is 0.600. The first-order valence-corrected chi connectivity index (χ1v) is 4.53. The van der Waals surface area contributed by atoms with Gasteiger partial charge in [-0.1, -0.05) is 0 Å². The number of rotatable bonds is 6. The van der Waals surface area contributed by atoms with Crippen LogP contribution in [0.15, 0.2) is 0 Å². The quantitative estimate of drug-likeness (QED) is 0.488. The van der Waals surface area contributed by atoms with Crippen molar-refractivity contribution in [2.75, 3.05) is 0 Å². The van der Waals surface area contributed by atoms with Gasteiger partial charge in [0.25, 0.3) is 0 Å². The van der Waals surface area contributed by atoms with Crippen molar-refractivity contribution < 1.29 is 14.7 Å². The number of aliphatic carboxylic acids is 1. The van der Waals surface area contributed by atoms with Gasteiger partial charge in [0.1, 0.15) is 6.04 Å². The summed E-state index contributed by atoms with van der Waals surface area (Å²) in [6.07, 6.45) is 7.52. The number of nitrogens with one attached hydrogen (secondary N) is 1. The summed E-state index contributed by atoms with van der Waals surface area (Å²) in [7, 11) is 0. The Morgan fingerprint density at radius 2 is 2.14 bits per heavy atom. The molecule has 0 rings (SSSR count). The molecule has 0 aliphatic rings. The predicted octanol–water partition coefficient (Wildman–Crippen LogP) is 0.769. The van der Waals surface area contributed by atoms with Crippen LogP contribution >= 0.6 is 0 Å². The van der Waals surface area contributed by atoms with E-state index >= 15 is 0 Å². The summed E-state index contributed by atoms with van der Waals surface area (Å²) in [6.45, 7) is 1.43. The summed E-state index contributed by atoms with van der Waals surface area (Å²) in [5.41, 5.74) is 0. The first-order chi connectivity index (χ1) is 6.57. The van der Waals surface area contributed by atoms with Gasteiger partial charge >= 0.3 is 5.97 Å². The largest absolute Gasteiger partial charge is 0.480 e. The van der Waals surface area contributed by atoms with E-state index in [0.29, 0.717) is 19.3 Å². The van der Waals surface area contributed by atoms with Gasteiger partial charge in [-0.3, -0.25) is 9.59 Å². The van der Waals surface area contributed by atoms with Gasteiger partial charge in [-0.15, -0.1) is 12.3 Å². The molecule has 2 N–H and O–H groups in total. The number of carboxylic acid groups (broad SMARTS) is 1. The van der Waals surface area contributed by atoms with Crippen LogP contribution in [0.5, 0.6) is 0 Å². The Hall–Kier alpha value is -1.50. The van der Waals surface area contributed by atoms with Crippen molar-refractivity contribution in [1.82, 2.24) is 5.32 Å². The summed E-state index contributed by atoms with van der Waals surface area (Å²) >= 11 is 0. The number of amides is 1. The molecule has 0 spiro atoms. The smallest absolute Gasteiger partial charge is 0.325 e. The maximum Gasteiger partial charge on any atom is 0.325 e. The molecule has 0 radical (unpaired) electrons. The van der Waals surface area contributed by atoms with Crippen LogP contribution in [0, 0.1) is 12.3 Å². The van der Waals surface area contributed by atoms with Gasteiger partial charge < -0.3 is 10.4 Å². The fourth-order valence-electron chi connectivity index (χ4n) is 0.888. The van der Waals surface area contributed by atoms with Crippen molar-refractivity contribution in [2.45, 2.75) is 38.6 Å². The van der Waals surface area contributed by atoms with E-state index in [0.717, 1.165) is 6.42 Å². The molecule has 4 nitrogen and oxygen atoms in total. The Labute approximate surface area is 83.7 Å². The Morgan fingerprint density at radius 3 is 2.64 bits per heavy atom. The van der Waals surface area contributed by atoms with E-state index in [2.05, 4.69) is 11.2 Å². The van der Waals surface area contributed by atoms with Gasteiger partial charge in [0.05, 0.1) is 0 Å². The predicted molar refractivity (Wildman–Crippen MR) is 52.5 cm³/mol. The van der Waals surface area contributed by atoms with Crippen LogP contribution < -0.4 is 5.32 Å². The second-order valence-corrected chi connectivity index (χ2v) is 3.04. The second kappa shape index (κ2) is 6.96. The van der Waals surface area contributed by atoms with Crippen molar-refractivity contribution in [2.24, 2.45) is 0 Å². The highest BCUT2D eigenvalue weighted by atomic mass is 16.4. The summed E-state index contributed by atoms with van der Waals surface area (Å²) in [4.78, 5) is 21.5. The summed E-state index contributed by atoms with van der Waals surface area (Å²) in [5, 5.41) is 10.9. The normalized spacial score (nSPS) is 11.4. The highest BCUT2D eigenvalue weighted by Crippen LogP contribution is 1.98. The third-order valence-electron chi connectivity index (χ3n) is 1.72. The molecule has 0 heterocycles. The zero-order valence-electron chi connectivity index (χ0n) is 8.25. The van der Waals surface area contributed by atoms with E-state index in [4.69, 9.17) is 11.5 Å². The maximum atomic E-state index is 11.1. The summed E-state index contributed by atoms with van der Waals surface area (Å²) in [6, 6.07) is -0.824. The van der Waals surface area contributed by atoms with Crippen LogP contribution in [-0.2, 0) is 9.59 Å². The fourth-order valence-corrected chi connectivity index (χ4v) is 0.888. The molecular weight excluding hydrogens is 182 g/mol. The van der Waals surface area contributed by atoms with E-state index in [1.165, 1.54) is 6.92 Å². The van der Waals surface area contributed by atoms with Crippen molar-refractivity contribution in [3.8, 4) is 12.3 Å². The van der Waals surface area contributed by atoms with E-state index in [1.54, 1.807) is 0 Å². The van der Waals surface area contributed by atoms with E-state index in [-0.39, 0.29) is 5.91 Å². The van der Waals surface area contributed by atoms with Crippen LogP contribution in [0.2, 0.25) is 0 Å². The third-order valence-corrected chi connectivity index (χ3v) is 1.72. The molecule has 0 aromatic rings. The van der Waals surface area contributed by atoms with E-state index in [9.17, 15) is 9.59 Å². The average Bonchev–Trinajstić information content (AvgIpc) is 2.12. The van der Waals surface area contributed by atoms with Gasteiger partial charge in [-0.25, -0.2) is 0 Å². The van der Waals surface area contributed by atoms with Crippen molar-refractivity contribution >= 4 is 11.9 Å². The Balaban J connectivity index is 3.56. The number of carbonyl (C=O) groups is 2. The molecule has 0 unspecified atom stereocenters. The summed E-state index contributed by atoms with van der Waals surface area (Å²) < 4.78 is 0. The van der Waals surface area contributed by atoms with Crippen molar-refractivity contribution in [3.63, 3.8) is 0 Å². The SMILES string of the molecule is C#CCCCCC(=O)N[C@@H](C)C(=O)O. The molecule has 4 heteroatoms. The average molecular weight is 197 g/mol. The van der Waals surface area contributed by atoms with Gasteiger partial charge in [0.2, 0.25) is 5.91 Å². The monoisotopic (exact) mass is 197 g/mol. The summed E-state index contributed by atoms with van der Waals surface area (Å²) in [5.74, 6) is 1.21. The number of hydrogen-bond acceptors (Lipinski definition) is 2. The van der Waals surface area contributed by atoms with Crippen LogP contribution in [0.4, 0.5) is 0 Å². The molecule has 0 saturated carbocycles. The second-order valence-electron chi connectivity index (χ2n) is 3.04. The maximum absolute atomic E-state index is 11.1. The molecule has 78 valence electrons. The highest BCUT2D eigenvalue weighted by molar-refractivity contribution is 5.83. The highest BCUT2D eigenvalue weighted by Gasteiger charge is 2.12. The van der Waals surface area contributed by atoms with E-state index in [1.807, 2.05) is 0 Å². The van der Waals surface area contributed by atoms with Crippen LogP contribution in [-0.4, -0.2) is 23.0 Å². The molecule has 0 fully saturated rings. The molecule has 1 atom stereocenters. The third kappa shape index (κ3) is 6.06. The molecule has 0 aliphatic heterocycles. The topological polar surface area (TPSA) is 66.4 Å². The molecule has 14 heavy (non-hydrogen) atoms. The Morgan fingerprint density at radius 1 is 1.50 bits per heavy atom. The number of hydrogen-bond donors (Lipinski definition) is 2. The lowest BCUT2D eigenvalue weighted by atomic mass is 10.2. The minimum Gasteiger partial charge on any atom is -0.480 e. The first-order valence-electron chi connectivity index (χ1n) is 4.53. The van der Waals surface area contributed by atoms with Crippen molar-refractivity contribution in [1.29, 1.82) is 0 Å². The van der Waals surface area contributed by atoms with Crippen molar-refractivity contribution in [3.05, 3.63) is 0 Å². The van der Waals surface area contributed by atoms with Gasteiger partial charge in [0, 0.05) is 12.8 Å². The Kier molecular flexibility index (Phi) is 6.21. The molecule has 0 aromatic heterocycles. The van der Waals surface area contributed by atoms with Gasteiger partial charge in [0.15, 0.2) is 0 Å². The van der Waals surface area contributed by atoms with Crippen LogP contribution in [0.3, 0.4) is 0 Å². The zero-order valence-corrected chi connectivity index (χ0v) is 8.25. The lowest BCUT2D eigenvalue weighted by Crippen LogP contribution is -2.38. The molecule has 0 aliphatic carbocycles. The molecule has 0 aromatic carbocycles. The number of unbranched alkanes of at least 4 members (excludes halogenated alkanes) is 2. The van der Waals surface area contributed by atoms with Gasteiger partial charge in [-0.05, 0) is 19.8 Å². The lowest BCUT2D eigenvalue weighted by molar-refractivity contribution is -0.141.